The third-order valence-electron chi connectivity index (χ3n) is 3.23. The van der Waals surface area contributed by atoms with E-state index in [1.54, 1.807) is 0 Å². The van der Waals surface area contributed by atoms with E-state index in [-0.39, 0.29) is 6.10 Å². The van der Waals surface area contributed by atoms with Crippen molar-refractivity contribution in [2.75, 3.05) is 0 Å². The molecule has 1 saturated carbocycles. The minimum Gasteiger partial charge on any atom is -0.393 e. The van der Waals surface area contributed by atoms with Gasteiger partial charge in [-0.1, -0.05) is 38.8 Å². The van der Waals surface area contributed by atoms with Gasteiger partial charge in [-0.15, -0.1) is 0 Å². The van der Waals surface area contributed by atoms with Crippen molar-refractivity contribution in [3.05, 3.63) is 12.2 Å². The van der Waals surface area contributed by atoms with Crippen LogP contribution >= 0.6 is 0 Å². The highest BCUT2D eigenvalue weighted by Gasteiger charge is 2.48. The average molecular weight is 182 g/mol. The molecule has 0 aromatic rings. The molecule has 4 atom stereocenters. The van der Waals surface area contributed by atoms with E-state index in [0.29, 0.717) is 17.8 Å². The molecule has 0 unspecified atom stereocenters. The lowest BCUT2D eigenvalue weighted by Crippen LogP contribution is -2.10. The summed E-state index contributed by atoms with van der Waals surface area (Å²) in [5, 5.41) is 9.85. The minimum absolute atomic E-state index is 0.0591. The van der Waals surface area contributed by atoms with Crippen molar-refractivity contribution in [3.8, 4) is 0 Å². The van der Waals surface area contributed by atoms with Crippen LogP contribution in [-0.4, -0.2) is 11.2 Å². The van der Waals surface area contributed by atoms with Crippen LogP contribution in [-0.2, 0) is 0 Å². The molecular weight excluding hydrogens is 160 g/mol. The molecular formula is C12H22O. The lowest BCUT2D eigenvalue weighted by atomic mass is 10.1. The fraction of sp³-hybridized carbons (Fsp3) is 0.833. The molecule has 1 fully saturated rings. The largest absolute Gasteiger partial charge is 0.393 e. The van der Waals surface area contributed by atoms with Gasteiger partial charge in [-0.05, 0) is 31.1 Å². The third-order valence-corrected chi connectivity index (χ3v) is 3.23. The predicted molar refractivity (Wildman–Crippen MR) is 56.5 cm³/mol. The highest BCUT2D eigenvalue weighted by molar-refractivity contribution is 5.08. The summed E-state index contributed by atoms with van der Waals surface area (Å²) in [6.07, 6.45) is 7.62. The lowest BCUT2D eigenvalue weighted by molar-refractivity contribution is 0.130. The molecule has 0 aromatic heterocycles. The number of hydrogen-bond acceptors (Lipinski definition) is 1. The van der Waals surface area contributed by atoms with Crippen LogP contribution in [0.25, 0.3) is 0 Å². The number of aliphatic hydroxyl groups is 1. The Morgan fingerprint density at radius 3 is 2.69 bits per heavy atom. The fourth-order valence-electron chi connectivity index (χ4n) is 2.26. The first-order valence-corrected chi connectivity index (χ1v) is 5.53. The van der Waals surface area contributed by atoms with Gasteiger partial charge in [0.2, 0.25) is 0 Å². The monoisotopic (exact) mass is 182 g/mol. The molecule has 0 bridgehead atoms. The van der Waals surface area contributed by atoms with Gasteiger partial charge in [0.15, 0.2) is 0 Å². The summed E-state index contributed by atoms with van der Waals surface area (Å²) < 4.78 is 0. The standard InChI is InChI=1S/C12H22O/c1-4-6-8-11(13)12-9(3)10(12)7-5-2/h5,7,9-13H,4,6,8H2,1-3H3/b7-5-/t9-,10-,11+,12+/m0/s1. The van der Waals surface area contributed by atoms with Crippen molar-refractivity contribution in [2.24, 2.45) is 17.8 Å². The average Bonchev–Trinajstić information content (AvgIpc) is 2.74. The second kappa shape index (κ2) is 4.80. The van der Waals surface area contributed by atoms with E-state index in [9.17, 15) is 5.11 Å². The maximum atomic E-state index is 9.85. The molecule has 0 aromatic carbocycles. The Balaban J connectivity index is 2.29. The van der Waals surface area contributed by atoms with Crippen LogP contribution in [0, 0.1) is 17.8 Å². The molecule has 0 saturated heterocycles. The second-order valence-electron chi connectivity index (χ2n) is 4.25. The Bertz CT molecular complexity index is 174. The zero-order chi connectivity index (χ0) is 9.84. The first-order chi connectivity index (χ1) is 6.22. The smallest absolute Gasteiger partial charge is 0.0576 e. The molecule has 1 rings (SSSR count). The summed E-state index contributed by atoms with van der Waals surface area (Å²) in [6, 6.07) is 0. The van der Waals surface area contributed by atoms with Gasteiger partial charge in [0.1, 0.15) is 0 Å². The summed E-state index contributed by atoms with van der Waals surface area (Å²) >= 11 is 0. The van der Waals surface area contributed by atoms with Crippen molar-refractivity contribution in [3.63, 3.8) is 0 Å². The van der Waals surface area contributed by atoms with Crippen LogP contribution in [0.1, 0.15) is 40.0 Å². The topological polar surface area (TPSA) is 20.2 Å². The van der Waals surface area contributed by atoms with Crippen LogP contribution in [0.4, 0.5) is 0 Å². The van der Waals surface area contributed by atoms with E-state index in [4.69, 9.17) is 0 Å². The zero-order valence-electron chi connectivity index (χ0n) is 9.03. The Hall–Kier alpha value is -0.300. The Morgan fingerprint density at radius 1 is 1.46 bits per heavy atom. The molecule has 76 valence electrons. The van der Waals surface area contributed by atoms with E-state index in [2.05, 4.69) is 32.9 Å². The molecule has 1 aliphatic rings. The van der Waals surface area contributed by atoms with Crippen molar-refractivity contribution >= 4 is 0 Å². The molecule has 0 aliphatic heterocycles. The zero-order valence-corrected chi connectivity index (χ0v) is 9.03. The van der Waals surface area contributed by atoms with Gasteiger partial charge in [0, 0.05) is 0 Å². The number of unbranched alkanes of at least 4 members (excludes halogenated alkanes) is 1. The second-order valence-corrected chi connectivity index (χ2v) is 4.25. The molecule has 0 amide bonds. The van der Waals surface area contributed by atoms with Gasteiger partial charge in [-0.3, -0.25) is 0 Å². The van der Waals surface area contributed by atoms with Crippen LogP contribution in [0.2, 0.25) is 0 Å². The van der Waals surface area contributed by atoms with E-state index in [0.717, 1.165) is 12.8 Å². The Kier molecular flexibility index (Phi) is 3.98. The first-order valence-electron chi connectivity index (χ1n) is 5.53. The Morgan fingerprint density at radius 2 is 2.15 bits per heavy atom. The van der Waals surface area contributed by atoms with Gasteiger partial charge >= 0.3 is 0 Å². The highest BCUT2D eigenvalue weighted by atomic mass is 16.3. The molecule has 1 N–H and O–H groups in total. The van der Waals surface area contributed by atoms with Crippen LogP contribution in [0.5, 0.6) is 0 Å². The van der Waals surface area contributed by atoms with Crippen LogP contribution in [0.15, 0.2) is 12.2 Å². The Labute approximate surface area is 81.9 Å². The fourth-order valence-corrected chi connectivity index (χ4v) is 2.26. The summed E-state index contributed by atoms with van der Waals surface area (Å²) in [5.74, 6) is 1.89. The van der Waals surface area contributed by atoms with E-state index in [1.165, 1.54) is 6.42 Å². The molecule has 0 spiro atoms. The van der Waals surface area contributed by atoms with E-state index in [1.807, 2.05) is 0 Å². The van der Waals surface area contributed by atoms with Gasteiger partial charge in [0.05, 0.1) is 6.10 Å². The van der Waals surface area contributed by atoms with Crippen molar-refractivity contribution in [1.29, 1.82) is 0 Å². The third kappa shape index (κ3) is 2.57. The van der Waals surface area contributed by atoms with Gasteiger partial charge < -0.3 is 5.11 Å². The van der Waals surface area contributed by atoms with Crippen molar-refractivity contribution in [2.45, 2.75) is 46.1 Å². The number of aliphatic hydroxyl groups excluding tert-OH is 1. The molecule has 1 nitrogen and oxygen atoms in total. The van der Waals surface area contributed by atoms with Gasteiger partial charge in [0.25, 0.3) is 0 Å². The van der Waals surface area contributed by atoms with Gasteiger partial charge in [-0.2, -0.15) is 0 Å². The van der Waals surface area contributed by atoms with Crippen LogP contribution < -0.4 is 0 Å². The van der Waals surface area contributed by atoms with Crippen molar-refractivity contribution in [1.82, 2.24) is 0 Å². The maximum absolute atomic E-state index is 9.85. The minimum atomic E-state index is -0.0591. The maximum Gasteiger partial charge on any atom is 0.0576 e. The quantitative estimate of drug-likeness (QED) is 0.648. The molecule has 1 aliphatic carbocycles. The predicted octanol–water partition coefficient (Wildman–Crippen LogP) is 3.00. The highest BCUT2D eigenvalue weighted by Crippen LogP contribution is 2.50. The van der Waals surface area contributed by atoms with Crippen molar-refractivity contribution < 1.29 is 5.11 Å². The van der Waals surface area contributed by atoms with E-state index >= 15 is 0 Å². The van der Waals surface area contributed by atoms with E-state index < -0.39 is 0 Å². The summed E-state index contributed by atoms with van der Waals surface area (Å²) in [4.78, 5) is 0. The number of allylic oxidation sites excluding steroid dienone is 2. The SMILES string of the molecule is C/C=C\[C@H]1[C@H](C)[C@H]1[C@H](O)CCCC. The summed E-state index contributed by atoms with van der Waals surface area (Å²) in [6.45, 7) is 6.47. The molecule has 13 heavy (non-hydrogen) atoms. The lowest BCUT2D eigenvalue weighted by Gasteiger charge is -2.08. The molecule has 0 radical (unpaired) electrons. The first kappa shape index (κ1) is 10.8. The summed E-state index contributed by atoms with van der Waals surface area (Å²) in [5.41, 5.74) is 0. The summed E-state index contributed by atoms with van der Waals surface area (Å²) in [7, 11) is 0. The molecule has 0 heterocycles. The molecule has 1 heteroatoms. The van der Waals surface area contributed by atoms with Crippen LogP contribution in [0.3, 0.4) is 0 Å². The van der Waals surface area contributed by atoms with Gasteiger partial charge in [-0.25, -0.2) is 0 Å². The number of hydrogen-bond donors (Lipinski definition) is 1. The number of rotatable bonds is 5. The normalized spacial score (nSPS) is 35.2.